The number of carbonyl (C=O) groups is 2. The molecule has 134 valence electrons. The monoisotopic (exact) mass is 351 g/mol. The Morgan fingerprint density at radius 2 is 1.77 bits per heavy atom. The number of hydrogen-bond donors (Lipinski definition) is 2. The SMILES string of the molecule is CCC[C@@H](C(=O)NNC(=O)COc1ccccc1C#N)c1ccccc1. The Balaban J connectivity index is 1.87. The zero-order valence-corrected chi connectivity index (χ0v) is 14.6. The molecule has 2 amide bonds. The molecule has 0 aromatic heterocycles. The maximum atomic E-state index is 12.4. The van der Waals surface area contributed by atoms with Crippen molar-refractivity contribution in [3.63, 3.8) is 0 Å². The highest BCUT2D eigenvalue weighted by Crippen LogP contribution is 2.21. The minimum absolute atomic E-state index is 0.274. The fraction of sp³-hybridized carbons (Fsp3) is 0.250. The molecule has 6 heteroatoms. The van der Waals surface area contributed by atoms with Crippen molar-refractivity contribution < 1.29 is 14.3 Å². The van der Waals surface area contributed by atoms with E-state index in [1.807, 2.05) is 43.3 Å². The van der Waals surface area contributed by atoms with E-state index in [-0.39, 0.29) is 18.4 Å². The van der Waals surface area contributed by atoms with Gasteiger partial charge in [-0.05, 0) is 24.1 Å². The van der Waals surface area contributed by atoms with Crippen LogP contribution in [-0.4, -0.2) is 18.4 Å². The van der Waals surface area contributed by atoms with Gasteiger partial charge < -0.3 is 4.74 Å². The topological polar surface area (TPSA) is 91.2 Å². The first kappa shape index (κ1) is 19.0. The van der Waals surface area contributed by atoms with Gasteiger partial charge >= 0.3 is 0 Å². The normalized spacial score (nSPS) is 11.1. The third kappa shape index (κ3) is 5.35. The van der Waals surface area contributed by atoms with Crippen LogP contribution in [0.1, 0.15) is 36.8 Å². The number of ether oxygens (including phenoxy) is 1. The third-order valence-corrected chi connectivity index (χ3v) is 3.79. The van der Waals surface area contributed by atoms with Crippen molar-refractivity contribution in [1.82, 2.24) is 10.9 Å². The van der Waals surface area contributed by atoms with Gasteiger partial charge in [-0.1, -0.05) is 55.8 Å². The molecule has 0 heterocycles. The second-order valence-corrected chi connectivity index (χ2v) is 5.69. The molecule has 6 nitrogen and oxygen atoms in total. The Morgan fingerprint density at radius 1 is 1.08 bits per heavy atom. The van der Waals surface area contributed by atoms with Crippen molar-refractivity contribution in [2.75, 3.05) is 6.61 Å². The van der Waals surface area contributed by atoms with Crippen LogP contribution in [0.3, 0.4) is 0 Å². The summed E-state index contributed by atoms with van der Waals surface area (Å²) >= 11 is 0. The minimum atomic E-state index is -0.505. The van der Waals surface area contributed by atoms with Crippen LogP contribution in [0, 0.1) is 11.3 Å². The van der Waals surface area contributed by atoms with Crippen LogP contribution in [0.25, 0.3) is 0 Å². The molecule has 26 heavy (non-hydrogen) atoms. The van der Waals surface area contributed by atoms with Gasteiger partial charge in [0.15, 0.2) is 6.61 Å². The molecule has 2 rings (SSSR count). The van der Waals surface area contributed by atoms with Crippen molar-refractivity contribution in [2.24, 2.45) is 0 Å². The zero-order chi connectivity index (χ0) is 18.8. The molecule has 2 N–H and O–H groups in total. The summed E-state index contributed by atoms with van der Waals surface area (Å²) in [5.74, 6) is -0.787. The number of nitriles is 1. The van der Waals surface area contributed by atoms with Gasteiger partial charge in [-0.25, -0.2) is 0 Å². The number of rotatable bonds is 7. The van der Waals surface area contributed by atoms with E-state index in [0.717, 1.165) is 12.0 Å². The highest BCUT2D eigenvalue weighted by molar-refractivity contribution is 5.86. The van der Waals surface area contributed by atoms with Crippen LogP contribution in [-0.2, 0) is 9.59 Å². The fourth-order valence-corrected chi connectivity index (χ4v) is 2.51. The third-order valence-electron chi connectivity index (χ3n) is 3.79. The van der Waals surface area contributed by atoms with Crippen molar-refractivity contribution in [2.45, 2.75) is 25.7 Å². The largest absolute Gasteiger partial charge is 0.482 e. The standard InChI is InChI=1S/C20H21N3O3/c1-2-8-17(15-9-4-3-5-10-15)20(25)23-22-19(24)14-26-18-12-7-6-11-16(18)13-21/h3-7,9-12,17H,2,8,14H2,1H3,(H,22,24)(H,23,25)/t17-/m1/s1. The molecular weight excluding hydrogens is 330 g/mol. The minimum Gasteiger partial charge on any atom is -0.482 e. The Hall–Kier alpha value is -3.33. The summed E-state index contributed by atoms with van der Waals surface area (Å²) in [6.07, 6.45) is 1.52. The van der Waals surface area contributed by atoms with Crippen molar-refractivity contribution in [3.05, 3.63) is 65.7 Å². The van der Waals surface area contributed by atoms with Gasteiger partial charge in [0.1, 0.15) is 11.8 Å². The van der Waals surface area contributed by atoms with Crippen molar-refractivity contribution >= 4 is 11.8 Å². The lowest BCUT2D eigenvalue weighted by Crippen LogP contribution is -2.45. The van der Waals surface area contributed by atoms with Crippen LogP contribution in [0.2, 0.25) is 0 Å². The summed E-state index contributed by atoms with van der Waals surface area (Å²) in [7, 11) is 0. The van der Waals surface area contributed by atoms with E-state index in [1.165, 1.54) is 0 Å². The predicted octanol–water partition coefficient (Wildman–Crippen LogP) is 2.67. The van der Waals surface area contributed by atoms with Gasteiger partial charge in [0.25, 0.3) is 5.91 Å². The number of para-hydroxylation sites is 1. The Morgan fingerprint density at radius 3 is 2.46 bits per heavy atom. The molecule has 0 spiro atoms. The number of amides is 2. The first-order valence-corrected chi connectivity index (χ1v) is 8.41. The van der Waals surface area contributed by atoms with Gasteiger partial charge in [-0.2, -0.15) is 5.26 Å². The molecule has 0 saturated heterocycles. The molecule has 0 fully saturated rings. The summed E-state index contributed by atoms with van der Waals surface area (Å²) in [5, 5.41) is 8.99. The molecular formula is C20H21N3O3. The highest BCUT2D eigenvalue weighted by atomic mass is 16.5. The van der Waals surface area contributed by atoms with Crippen LogP contribution in [0.4, 0.5) is 0 Å². The summed E-state index contributed by atoms with van der Waals surface area (Å²) < 4.78 is 5.33. The second kappa shape index (κ2) is 9.84. The van der Waals surface area contributed by atoms with E-state index in [9.17, 15) is 9.59 Å². The van der Waals surface area contributed by atoms with Gasteiger partial charge in [-0.3, -0.25) is 20.4 Å². The number of nitrogens with zero attached hydrogens (tertiary/aromatic N) is 1. The zero-order valence-electron chi connectivity index (χ0n) is 14.6. The maximum Gasteiger partial charge on any atom is 0.276 e. The molecule has 2 aromatic rings. The molecule has 1 atom stereocenters. The van der Waals surface area contributed by atoms with Crippen LogP contribution < -0.4 is 15.6 Å². The predicted molar refractivity (Wildman–Crippen MR) is 97.0 cm³/mol. The molecule has 0 bridgehead atoms. The lowest BCUT2D eigenvalue weighted by atomic mass is 9.94. The average molecular weight is 351 g/mol. The molecule has 2 aromatic carbocycles. The van der Waals surface area contributed by atoms with Crippen LogP contribution in [0.15, 0.2) is 54.6 Å². The molecule has 0 radical (unpaired) electrons. The number of hydrazine groups is 1. The van der Waals surface area contributed by atoms with Gasteiger partial charge in [0.05, 0.1) is 11.5 Å². The summed E-state index contributed by atoms with van der Waals surface area (Å²) in [6, 6.07) is 18.1. The van der Waals surface area contributed by atoms with E-state index in [2.05, 4.69) is 10.9 Å². The van der Waals surface area contributed by atoms with Crippen LogP contribution >= 0.6 is 0 Å². The van der Waals surface area contributed by atoms with Gasteiger partial charge in [-0.15, -0.1) is 0 Å². The number of benzene rings is 2. The van der Waals surface area contributed by atoms with Crippen LogP contribution in [0.5, 0.6) is 5.75 Å². The molecule has 0 aliphatic carbocycles. The number of hydrogen-bond acceptors (Lipinski definition) is 4. The number of nitrogens with one attached hydrogen (secondary N) is 2. The molecule has 0 aliphatic rings. The number of carbonyl (C=O) groups excluding carboxylic acids is 2. The van der Waals surface area contributed by atoms with Crippen molar-refractivity contribution in [3.8, 4) is 11.8 Å². The van der Waals surface area contributed by atoms with E-state index in [1.54, 1.807) is 24.3 Å². The Kier molecular flexibility index (Phi) is 7.19. The van der Waals surface area contributed by atoms with E-state index in [0.29, 0.717) is 17.7 Å². The smallest absolute Gasteiger partial charge is 0.276 e. The second-order valence-electron chi connectivity index (χ2n) is 5.69. The lowest BCUT2D eigenvalue weighted by molar-refractivity contribution is -0.130. The van der Waals surface area contributed by atoms with E-state index >= 15 is 0 Å². The molecule has 0 unspecified atom stereocenters. The maximum absolute atomic E-state index is 12.4. The summed E-state index contributed by atoms with van der Waals surface area (Å²) in [4.78, 5) is 24.3. The van der Waals surface area contributed by atoms with Gasteiger partial charge in [0.2, 0.25) is 5.91 Å². The average Bonchev–Trinajstić information content (AvgIpc) is 2.69. The lowest BCUT2D eigenvalue weighted by Gasteiger charge is -2.17. The highest BCUT2D eigenvalue weighted by Gasteiger charge is 2.20. The molecule has 0 saturated carbocycles. The van der Waals surface area contributed by atoms with Crippen molar-refractivity contribution in [1.29, 1.82) is 5.26 Å². The summed E-state index contributed by atoms with van der Waals surface area (Å²) in [5.41, 5.74) is 6.05. The van der Waals surface area contributed by atoms with Gasteiger partial charge in [0, 0.05) is 0 Å². The van der Waals surface area contributed by atoms with E-state index < -0.39 is 5.91 Å². The Labute approximate surface area is 152 Å². The quantitative estimate of drug-likeness (QED) is 0.750. The summed E-state index contributed by atoms with van der Waals surface area (Å²) in [6.45, 7) is 1.70. The first-order chi connectivity index (χ1) is 12.7. The Bertz CT molecular complexity index is 784. The van der Waals surface area contributed by atoms with E-state index in [4.69, 9.17) is 10.00 Å². The fourth-order valence-electron chi connectivity index (χ4n) is 2.51. The molecule has 0 aliphatic heterocycles. The first-order valence-electron chi connectivity index (χ1n) is 8.41.